The van der Waals surface area contributed by atoms with Crippen LogP contribution in [0, 0.1) is 5.41 Å². The number of hydrogen-bond acceptors (Lipinski definition) is 2. The molecule has 4 nitrogen and oxygen atoms in total. The molecular formula is C22H27NO3. The molecule has 1 atom stereocenters. The number of ether oxygens (including phenoxy) is 1. The summed E-state index contributed by atoms with van der Waals surface area (Å²) in [6.45, 7) is 8.88. The molecule has 0 unspecified atom stereocenters. The van der Waals surface area contributed by atoms with Gasteiger partial charge in [0, 0.05) is 5.56 Å². The summed E-state index contributed by atoms with van der Waals surface area (Å²) >= 11 is 0. The highest BCUT2D eigenvalue weighted by molar-refractivity contribution is 5.74. The molecule has 0 spiro atoms. The Kier molecular flexibility index (Phi) is 4.94. The van der Waals surface area contributed by atoms with Crippen molar-refractivity contribution >= 4 is 6.09 Å². The minimum Gasteiger partial charge on any atom is -0.493 e. The first-order valence-corrected chi connectivity index (χ1v) is 9.24. The molecular weight excluding hydrogens is 326 g/mol. The molecule has 0 saturated carbocycles. The normalized spacial score (nSPS) is 17.6. The Morgan fingerprint density at radius 1 is 1.23 bits per heavy atom. The summed E-state index contributed by atoms with van der Waals surface area (Å²) < 4.78 is 5.92. The number of rotatable bonds is 5. The fourth-order valence-corrected chi connectivity index (χ4v) is 3.89. The maximum atomic E-state index is 11.3. The van der Waals surface area contributed by atoms with Crippen molar-refractivity contribution in [1.82, 2.24) is 5.32 Å². The molecule has 1 aliphatic rings. The second-order valence-electron chi connectivity index (χ2n) is 7.58. The van der Waals surface area contributed by atoms with Gasteiger partial charge in [-0.25, -0.2) is 4.79 Å². The molecule has 0 saturated heterocycles. The van der Waals surface area contributed by atoms with Crippen molar-refractivity contribution in [2.75, 3.05) is 6.61 Å². The lowest BCUT2D eigenvalue weighted by atomic mass is 9.85. The van der Waals surface area contributed by atoms with Gasteiger partial charge in [-0.15, -0.1) is 0 Å². The van der Waals surface area contributed by atoms with Crippen LogP contribution in [0.5, 0.6) is 5.75 Å². The second kappa shape index (κ2) is 7.02. The Bertz CT molecular complexity index is 809. The van der Waals surface area contributed by atoms with Crippen LogP contribution in [0.3, 0.4) is 0 Å². The number of amides is 1. The molecule has 0 heterocycles. The zero-order chi connectivity index (χ0) is 18.9. The van der Waals surface area contributed by atoms with Gasteiger partial charge in [-0.1, -0.05) is 45.0 Å². The molecule has 4 heteroatoms. The molecule has 2 N–H and O–H groups in total. The first-order chi connectivity index (χ1) is 12.4. The summed E-state index contributed by atoms with van der Waals surface area (Å²) in [5, 5.41) is 11.9. The zero-order valence-corrected chi connectivity index (χ0v) is 15.9. The number of aryl methyl sites for hydroxylation is 1. The van der Waals surface area contributed by atoms with Gasteiger partial charge in [0.15, 0.2) is 0 Å². The van der Waals surface area contributed by atoms with E-state index in [9.17, 15) is 9.90 Å². The van der Waals surface area contributed by atoms with Crippen LogP contribution in [0.4, 0.5) is 4.79 Å². The molecule has 2 aromatic rings. The van der Waals surface area contributed by atoms with Gasteiger partial charge in [0.25, 0.3) is 0 Å². The van der Waals surface area contributed by atoms with Crippen LogP contribution in [0.2, 0.25) is 0 Å². The molecule has 3 rings (SSSR count). The average molecular weight is 353 g/mol. The topological polar surface area (TPSA) is 58.6 Å². The molecule has 138 valence electrons. The van der Waals surface area contributed by atoms with E-state index in [1.54, 1.807) is 0 Å². The summed E-state index contributed by atoms with van der Waals surface area (Å²) in [7, 11) is 0. The maximum Gasteiger partial charge on any atom is 0.405 e. The van der Waals surface area contributed by atoms with Gasteiger partial charge in [-0.05, 0) is 59.6 Å². The lowest BCUT2D eigenvalue weighted by molar-refractivity contribution is 0.175. The monoisotopic (exact) mass is 353 g/mol. The quantitative estimate of drug-likeness (QED) is 0.776. The van der Waals surface area contributed by atoms with Crippen molar-refractivity contribution in [3.8, 4) is 16.9 Å². The van der Waals surface area contributed by atoms with Crippen LogP contribution < -0.4 is 10.1 Å². The summed E-state index contributed by atoms with van der Waals surface area (Å²) in [6.07, 6.45) is 0.854. The molecule has 26 heavy (non-hydrogen) atoms. The van der Waals surface area contributed by atoms with E-state index in [1.165, 1.54) is 11.1 Å². The van der Waals surface area contributed by atoms with Gasteiger partial charge in [0.05, 0.1) is 12.6 Å². The maximum absolute atomic E-state index is 11.3. The molecule has 0 aliphatic heterocycles. The first kappa shape index (κ1) is 18.3. The van der Waals surface area contributed by atoms with Crippen LogP contribution in [0.15, 0.2) is 36.4 Å². The van der Waals surface area contributed by atoms with Crippen molar-refractivity contribution in [3.63, 3.8) is 0 Å². The number of nitrogens with one attached hydrogen (secondary N) is 1. The third kappa shape index (κ3) is 3.41. The molecule has 0 fully saturated rings. The molecule has 1 aliphatic carbocycles. The zero-order valence-electron chi connectivity index (χ0n) is 15.9. The average Bonchev–Trinajstić information content (AvgIpc) is 2.84. The molecule has 2 aromatic carbocycles. The largest absolute Gasteiger partial charge is 0.493 e. The Morgan fingerprint density at radius 3 is 2.50 bits per heavy atom. The smallest absolute Gasteiger partial charge is 0.405 e. The van der Waals surface area contributed by atoms with Gasteiger partial charge in [-0.3, -0.25) is 0 Å². The summed E-state index contributed by atoms with van der Waals surface area (Å²) in [5.41, 5.74) is 5.54. The Balaban J connectivity index is 2.09. The second-order valence-corrected chi connectivity index (χ2v) is 7.58. The highest BCUT2D eigenvalue weighted by atomic mass is 16.5. The highest BCUT2D eigenvalue weighted by Gasteiger charge is 2.40. The van der Waals surface area contributed by atoms with Crippen LogP contribution in [0.1, 0.15) is 50.4 Å². The van der Waals surface area contributed by atoms with Crippen molar-refractivity contribution in [2.45, 2.75) is 46.6 Å². The van der Waals surface area contributed by atoms with Gasteiger partial charge in [-0.2, -0.15) is 0 Å². The van der Waals surface area contributed by atoms with E-state index in [4.69, 9.17) is 4.74 Å². The number of carbonyl (C=O) groups is 1. The molecule has 0 aromatic heterocycles. The minimum atomic E-state index is -0.992. The van der Waals surface area contributed by atoms with E-state index < -0.39 is 6.09 Å². The predicted molar refractivity (Wildman–Crippen MR) is 104 cm³/mol. The van der Waals surface area contributed by atoms with Crippen molar-refractivity contribution in [3.05, 3.63) is 53.1 Å². The van der Waals surface area contributed by atoms with Gasteiger partial charge in [0.1, 0.15) is 5.75 Å². The van der Waals surface area contributed by atoms with Gasteiger partial charge >= 0.3 is 6.09 Å². The molecule has 0 radical (unpaired) electrons. The minimum absolute atomic E-state index is 0.172. The van der Waals surface area contributed by atoms with E-state index in [0.717, 1.165) is 35.3 Å². The van der Waals surface area contributed by atoms with E-state index >= 15 is 0 Å². The fourth-order valence-electron chi connectivity index (χ4n) is 3.89. The van der Waals surface area contributed by atoms with E-state index in [2.05, 4.69) is 56.4 Å². The third-order valence-electron chi connectivity index (χ3n) is 5.22. The SMILES string of the molecule is CCOc1cc2c(cc1-c1ccc(CC)cc1)CC(C)(C)[C@H]2NC(=O)O. The summed E-state index contributed by atoms with van der Waals surface area (Å²) in [4.78, 5) is 11.3. The van der Waals surface area contributed by atoms with Gasteiger partial charge in [0.2, 0.25) is 0 Å². The Labute approximate surface area is 155 Å². The number of carboxylic acid groups (broad SMARTS) is 1. The predicted octanol–water partition coefficient (Wildman–Crippen LogP) is 5.21. The van der Waals surface area contributed by atoms with Crippen molar-refractivity contribution in [2.24, 2.45) is 5.41 Å². The number of benzene rings is 2. The van der Waals surface area contributed by atoms with E-state index in [1.807, 2.05) is 13.0 Å². The van der Waals surface area contributed by atoms with Crippen LogP contribution in [0.25, 0.3) is 11.1 Å². The van der Waals surface area contributed by atoms with Crippen LogP contribution >= 0.6 is 0 Å². The lowest BCUT2D eigenvalue weighted by Gasteiger charge is -2.27. The van der Waals surface area contributed by atoms with Crippen molar-refractivity contribution in [1.29, 1.82) is 0 Å². The fraction of sp³-hybridized carbons (Fsp3) is 0.409. The molecule has 1 amide bonds. The Hall–Kier alpha value is -2.49. The van der Waals surface area contributed by atoms with Crippen molar-refractivity contribution < 1.29 is 14.6 Å². The Morgan fingerprint density at radius 2 is 1.92 bits per heavy atom. The number of hydrogen-bond donors (Lipinski definition) is 2. The summed E-state index contributed by atoms with van der Waals surface area (Å²) in [5.74, 6) is 0.811. The van der Waals surface area contributed by atoms with Crippen LogP contribution in [-0.4, -0.2) is 17.8 Å². The van der Waals surface area contributed by atoms with Gasteiger partial charge < -0.3 is 15.2 Å². The first-order valence-electron chi connectivity index (χ1n) is 9.24. The lowest BCUT2D eigenvalue weighted by Crippen LogP contribution is -2.34. The standard InChI is InChI=1S/C22H27NO3/c1-5-14-7-9-15(10-8-14)17-11-16-13-22(3,4)20(23-21(24)25)18(16)12-19(17)26-6-2/h7-12,20,23H,5-6,13H2,1-4H3,(H,24,25)/t20-/m0/s1. The van der Waals surface area contributed by atoms with E-state index in [0.29, 0.717) is 6.61 Å². The highest BCUT2D eigenvalue weighted by Crippen LogP contribution is 2.48. The van der Waals surface area contributed by atoms with Crippen LogP contribution in [-0.2, 0) is 12.8 Å². The third-order valence-corrected chi connectivity index (χ3v) is 5.22. The van der Waals surface area contributed by atoms with E-state index in [-0.39, 0.29) is 11.5 Å². The molecule has 0 bridgehead atoms. The number of fused-ring (bicyclic) bond motifs is 1. The summed E-state index contributed by atoms with van der Waals surface area (Å²) in [6, 6.07) is 12.5.